The third kappa shape index (κ3) is 3.81. The van der Waals surface area contributed by atoms with Crippen molar-refractivity contribution < 1.29 is 18.6 Å². The van der Waals surface area contributed by atoms with Crippen LogP contribution in [0, 0.1) is 17.6 Å². The quantitative estimate of drug-likeness (QED) is 0.389. The monoisotopic (exact) mass is 407 g/mol. The normalized spacial score (nSPS) is 12.5. The van der Waals surface area contributed by atoms with Gasteiger partial charge in [0, 0.05) is 10.9 Å². The summed E-state index contributed by atoms with van der Waals surface area (Å²) in [6, 6.07) is 19.1. The van der Waals surface area contributed by atoms with Gasteiger partial charge >= 0.3 is 0 Å². The predicted molar refractivity (Wildman–Crippen MR) is 114 cm³/mol. The summed E-state index contributed by atoms with van der Waals surface area (Å²) >= 11 is 0. The van der Waals surface area contributed by atoms with Gasteiger partial charge in [-0.1, -0.05) is 56.3 Å². The Morgan fingerprint density at radius 2 is 1.70 bits per heavy atom. The van der Waals surface area contributed by atoms with Gasteiger partial charge in [-0.25, -0.2) is 8.78 Å². The summed E-state index contributed by atoms with van der Waals surface area (Å²) in [7, 11) is 0. The highest BCUT2D eigenvalue weighted by molar-refractivity contribution is 6.01. The van der Waals surface area contributed by atoms with E-state index in [0.717, 1.165) is 28.6 Å². The molecule has 3 nitrogen and oxygen atoms in total. The average Bonchev–Trinajstić information content (AvgIpc) is 3.14. The lowest BCUT2D eigenvalue weighted by atomic mass is 9.95. The maximum atomic E-state index is 14.1. The first kappa shape index (κ1) is 20.1. The summed E-state index contributed by atoms with van der Waals surface area (Å²) in [6.07, 6.45) is -0.803. The molecule has 1 unspecified atom stereocenters. The van der Waals surface area contributed by atoms with Crippen LogP contribution in [0.2, 0.25) is 0 Å². The Morgan fingerprint density at radius 1 is 0.933 bits per heavy atom. The molecular formula is C25H23F2NO2. The molecule has 0 fully saturated rings. The van der Waals surface area contributed by atoms with Gasteiger partial charge in [0.2, 0.25) is 0 Å². The number of aliphatic hydroxyl groups is 1. The number of fused-ring (bicyclic) bond motifs is 1. The molecule has 154 valence electrons. The van der Waals surface area contributed by atoms with E-state index >= 15 is 0 Å². The summed E-state index contributed by atoms with van der Waals surface area (Å²) in [4.78, 5) is 3.27. The Bertz CT molecular complexity index is 1170. The van der Waals surface area contributed by atoms with Gasteiger partial charge in [-0.2, -0.15) is 0 Å². The third-order valence-electron chi connectivity index (χ3n) is 5.19. The first-order valence-corrected chi connectivity index (χ1v) is 9.90. The van der Waals surface area contributed by atoms with Gasteiger partial charge < -0.3 is 14.8 Å². The molecule has 1 atom stereocenters. The molecule has 0 aliphatic carbocycles. The minimum Gasteiger partial charge on any atom is -0.488 e. The van der Waals surface area contributed by atoms with E-state index in [-0.39, 0.29) is 5.92 Å². The molecule has 2 N–H and O–H groups in total. The zero-order valence-electron chi connectivity index (χ0n) is 16.8. The second-order valence-corrected chi connectivity index (χ2v) is 7.68. The van der Waals surface area contributed by atoms with Crippen LogP contribution in [0.15, 0.2) is 66.7 Å². The van der Waals surface area contributed by atoms with E-state index in [9.17, 15) is 13.9 Å². The van der Waals surface area contributed by atoms with E-state index in [0.29, 0.717) is 29.2 Å². The van der Waals surface area contributed by atoms with Crippen LogP contribution in [-0.2, 0) is 6.61 Å². The molecule has 0 radical (unpaired) electrons. The molecule has 0 saturated carbocycles. The number of hydrogen-bond acceptors (Lipinski definition) is 2. The number of H-pyrrole nitrogens is 1. The smallest absolute Gasteiger partial charge is 0.159 e. The van der Waals surface area contributed by atoms with Crippen LogP contribution < -0.4 is 4.74 Å². The maximum Gasteiger partial charge on any atom is 0.159 e. The van der Waals surface area contributed by atoms with E-state index in [1.807, 2.05) is 62.4 Å². The largest absolute Gasteiger partial charge is 0.488 e. The highest BCUT2D eigenvalue weighted by Crippen LogP contribution is 2.42. The molecular weight excluding hydrogens is 384 g/mol. The number of aromatic nitrogens is 1. The number of aliphatic hydroxyl groups excluding tert-OH is 1. The van der Waals surface area contributed by atoms with Crippen molar-refractivity contribution in [3.05, 3.63) is 89.6 Å². The number of nitrogens with one attached hydrogen (secondary N) is 1. The van der Waals surface area contributed by atoms with Crippen LogP contribution in [0.3, 0.4) is 0 Å². The second kappa shape index (κ2) is 8.28. The van der Waals surface area contributed by atoms with Crippen LogP contribution in [0.5, 0.6) is 5.75 Å². The lowest BCUT2D eigenvalue weighted by molar-refractivity contribution is 0.124. The van der Waals surface area contributed by atoms with Crippen LogP contribution in [0.1, 0.15) is 31.2 Å². The summed E-state index contributed by atoms with van der Waals surface area (Å²) in [5.74, 6) is -1.31. The SMILES string of the molecule is CC(C)C(O)c1[nH]c2cccc(OCc3ccccc3)c2c1-c1ccc(F)c(F)c1. The standard InChI is InChI=1S/C25H23F2NO2/c1-15(2)25(29)24-22(17-11-12-18(26)19(27)13-17)23-20(28-24)9-6-10-21(23)30-14-16-7-4-3-5-8-16/h3-13,15,25,28-29H,14H2,1-2H3. The van der Waals surface area contributed by atoms with Gasteiger partial charge in [0.05, 0.1) is 17.3 Å². The number of aromatic amines is 1. The van der Waals surface area contributed by atoms with E-state index in [1.165, 1.54) is 6.07 Å². The van der Waals surface area contributed by atoms with Crippen molar-refractivity contribution in [3.63, 3.8) is 0 Å². The summed E-state index contributed by atoms with van der Waals surface area (Å²) in [5, 5.41) is 11.6. The van der Waals surface area contributed by atoms with Crippen molar-refractivity contribution in [3.8, 4) is 16.9 Å². The van der Waals surface area contributed by atoms with Crippen LogP contribution in [0.4, 0.5) is 8.78 Å². The molecule has 30 heavy (non-hydrogen) atoms. The minimum atomic E-state index is -0.936. The van der Waals surface area contributed by atoms with Crippen molar-refractivity contribution >= 4 is 10.9 Å². The zero-order valence-corrected chi connectivity index (χ0v) is 16.8. The van der Waals surface area contributed by atoms with Gasteiger partial charge in [-0.05, 0) is 41.3 Å². The fourth-order valence-electron chi connectivity index (χ4n) is 3.60. The molecule has 0 aliphatic rings. The van der Waals surface area contributed by atoms with E-state index in [2.05, 4.69) is 4.98 Å². The lowest BCUT2D eigenvalue weighted by Crippen LogP contribution is -2.07. The maximum absolute atomic E-state index is 14.1. The molecule has 0 bridgehead atoms. The predicted octanol–water partition coefficient (Wildman–Crippen LogP) is 6.38. The van der Waals surface area contributed by atoms with Gasteiger partial charge in [0.1, 0.15) is 12.4 Å². The molecule has 1 aromatic heterocycles. The van der Waals surface area contributed by atoms with E-state index in [1.54, 1.807) is 0 Å². The van der Waals surface area contributed by atoms with Crippen LogP contribution in [-0.4, -0.2) is 10.1 Å². The van der Waals surface area contributed by atoms with Crippen molar-refractivity contribution in [2.45, 2.75) is 26.6 Å². The van der Waals surface area contributed by atoms with E-state index in [4.69, 9.17) is 4.74 Å². The summed E-state index contributed by atoms with van der Waals surface area (Å²) < 4.78 is 33.7. The Balaban J connectivity index is 1.88. The zero-order chi connectivity index (χ0) is 21.3. The summed E-state index contributed by atoms with van der Waals surface area (Å²) in [6.45, 7) is 4.17. The number of rotatable bonds is 6. The Hall–Kier alpha value is -3.18. The van der Waals surface area contributed by atoms with Gasteiger partial charge in [0.25, 0.3) is 0 Å². The molecule has 5 heteroatoms. The average molecular weight is 407 g/mol. The van der Waals surface area contributed by atoms with Crippen molar-refractivity contribution in [1.29, 1.82) is 0 Å². The van der Waals surface area contributed by atoms with Gasteiger partial charge in [-0.3, -0.25) is 0 Å². The number of hydrogen-bond donors (Lipinski definition) is 2. The van der Waals surface area contributed by atoms with Crippen molar-refractivity contribution in [1.82, 2.24) is 4.98 Å². The Morgan fingerprint density at radius 3 is 2.40 bits per heavy atom. The first-order chi connectivity index (χ1) is 14.5. The molecule has 1 heterocycles. The van der Waals surface area contributed by atoms with Crippen molar-refractivity contribution in [2.24, 2.45) is 5.92 Å². The summed E-state index contributed by atoms with van der Waals surface area (Å²) in [5.41, 5.74) is 3.43. The Kier molecular flexibility index (Phi) is 5.55. The minimum absolute atomic E-state index is 0.0733. The second-order valence-electron chi connectivity index (χ2n) is 7.68. The molecule has 3 aromatic carbocycles. The Labute approximate surface area is 173 Å². The number of benzene rings is 3. The third-order valence-corrected chi connectivity index (χ3v) is 5.19. The van der Waals surface area contributed by atoms with Crippen LogP contribution >= 0.6 is 0 Å². The molecule has 0 spiro atoms. The molecule has 0 amide bonds. The molecule has 4 rings (SSSR count). The topological polar surface area (TPSA) is 45.2 Å². The molecule has 4 aromatic rings. The number of ether oxygens (including phenoxy) is 1. The van der Waals surface area contributed by atoms with Crippen LogP contribution in [0.25, 0.3) is 22.0 Å². The lowest BCUT2D eigenvalue weighted by Gasteiger charge is -2.16. The van der Waals surface area contributed by atoms with E-state index < -0.39 is 17.7 Å². The first-order valence-electron chi connectivity index (χ1n) is 9.90. The molecule has 0 saturated heterocycles. The number of halogens is 2. The van der Waals surface area contributed by atoms with Crippen molar-refractivity contribution in [2.75, 3.05) is 0 Å². The highest BCUT2D eigenvalue weighted by Gasteiger charge is 2.24. The molecule has 0 aliphatic heterocycles. The fraction of sp³-hybridized carbons (Fsp3) is 0.200. The fourth-order valence-corrected chi connectivity index (χ4v) is 3.60. The van der Waals surface area contributed by atoms with Gasteiger partial charge in [0.15, 0.2) is 11.6 Å². The highest BCUT2D eigenvalue weighted by atomic mass is 19.2. The van der Waals surface area contributed by atoms with Gasteiger partial charge in [-0.15, -0.1) is 0 Å².